The second kappa shape index (κ2) is 7.19. The summed E-state index contributed by atoms with van der Waals surface area (Å²) in [4.78, 5) is 24.5. The van der Waals surface area contributed by atoms with E-state index in [0.717, 1.165) is 49.9 Å². The molecule has 1 fully saturated rings. The van der Waals surface area contributed by atoms with E-state index in [1.165, 1.54) is 6.20 Å². The zero-order valence-electron chi connectivity index (χ0n) is 13.7. The van der Waals surface area contributed by atoms with Crippen LogP contribution in [0.25, 0.3) is 0 Å². The largest absolute Gasteiger partial charge is 0.416 e. The van der Waals surface area contributed by atoms with Gasteiger partial charge in [0.05, 0.1) is 11.3 Å². The average molecular weight is 366 g/mol. The van der Waals surface area contributed by atoms with Crippen LogP contribution in [-0.2, 0) is 6.18 Å². The molecule has 6 nitrogen and oxygen atoms in total. The normalized spacial score (nSPS) is 15.0. The van der Waals surface area contributed by atoms with E-state index < -0.39 is 23.6 Å². The first kappa shape index (κ1) is 18.0. The van der Waals surface area contributed by atoms with Gasteiger partial charge in [-0.05, 0) is 37.1 Å². The maximum Gasteiger partial charge on any atom is 0.416 e. The molecule has 0 saturated heterocycles. The molecule has 1 saturated carbocycles. The quantitative estimate of drug-likeness (QED) is 0.775. The Morgan fingerprint density at radius 3 is 2.35 bits per heavy atom. The Morgan fingerprint density at radius 2 is 1.73 bits per heavy atom. The number of carbonyl (C=O) groups is 2. The Labute approximate surface area is 147 Å². The third kappa shape index (κ3) is 4.04. The number of nitrogens with zero attached hydrogens (tertiary/aromatic N) is 1. The van der Waals surface area contributed by atoms with Crippen molar-refractivity contribution in [1.82, 2.24) is 15.5 Å². The molecule has 2 amide bonds. The number of hydrogen-bond acceptors (Lipinski definition) is 3. The molecule has 1 aromatic heterocycles. The smallest absolute Gasteiger partial charge is 0.348 e. The fourth-order valence-electron chi connectivity index (χ4n) is 2.89. The molecule has 9 heteroatoms. The molecule has 0 spiro atoms. The molecule has 0 unspecified atom stereocenters. The lowest BCUT2D eigenvalue weighted by molar-refractivity contribution is -0.137. The van der Waals surface area contributed by atoms with Crippen LogP contribution in [0, 0.1) is 0 Å². The highest BCUT2D eigenvalue weighted by Crippen LogP contribution is 2.29. The first-order chi connectivity index (χ1) is 12.3. The standard InChI is InChI=1S/C17H17F3N4O2/c18-17(19,20)11-7-5-10(6-8-11)15(25)23-13-9-21-24-14(13)16(26)22-12-3-1-2-4-12/h5-9,12H,1-4H2,(H,21,24)(H,22,26)(H,23,25). The summed E-state index contributed by atoms with van der Waals surface area (Å²) in [7, 11) is 0. The molecular weight excluding hydrogens is 349 g/mol. The van der Waals surface area contributed by atoms with Crippen LogP contribution in [0.3, 0.4) is 0 Å². The maximum atomic E-state index is 12.6. The van der Waals surface area contributed by atoms with E-state index in [4.69, 9.17) is 0 Å². The van der Waals surface area contributed by atoms with Gasteiger partial charge in [-0.2, -0.15) is 18.3 Å². The van der Waals surface area contributed by atoms with Crippen LogP contribution < -0.4 is 10.6 Å². The summed E-state index contributed by atoms with van der Waals surface area (Å²) in [5.41, 5.74) is -0.585. The molecule has 3 N–H and O–H groups in total. The Balaban J connectivity index is 1.68. The van der Waals surface area contributed by atoms with Crippen molar-refractivity contribution < 1.29 is 22.8 Å². The summed E-state index contributed by atoms with van der Waals surface area (Å²) in [5.74, 6) is -1.03. The summed E-state index contributed by atoms with van der Waals surface area (Å²) in [5, 5.41) is 11.7. The number of nitrogens with one attached hydrogen (secondary N) is 3. The first-order valence-corrected chi connectivity index (χ1v) is 8.18. The van der Waals surface area contributed by atoms with Crippen LogP contribution >= 0.6 is 0 Å². The van der Waals surface area contributed by atoms with Gasteiger partial charge in [-0.1, -0.05) is 12.8 Å². The van der Waals surface area contributed by atoms with E-state index in [2.05, 4.69) is 20.8 Å². The number of carbonyl (C=O) groups excluding carboxylic acids is 2. The minimum Gasteiger partial charge on any atom is -0.348 e. The van der Waals surface area contributed by atoms with Gasteiger partial charge < -0.3 is 10.6 Å². The number of aromatic amines is 1. The molecule has 2 aromatic rings. The van der Waals surface area contributed by atoms with Crippen LogP contribution in [0.5, 0.6) is 0 Å². The minimum absolute atomic E-state index is 0.0390. The molecule has 3 rings (SSSR count). The molecule has 1 heterocycles. The molecule has 0 atom stereocenters. The van der Waals surface area contributed by atoms with E-state index in [0.29, 0.717) is 0 Å². The van der Waals surface area contributed by atoms with Gasteiger partial charge in [0.15, 0.2) is 5.69 Å². The topological polar surface area (TPSA) is 86.9 Å². The van der Waals surface area contributed by atoms with Crippen LogP contribution in [0.4, 0.5) is 18.9 Å². The number of amides is 2. The second-order valence-electron chi connectivity index (χ2n) is 6.13. The van der Waals surface area contributed by atoms with Gasteiger partial charge in [0.1, 0.15) is 0 Å². The van der Waals surface area contributed by atoms with Gasteiger partial charge in [-0.25, -0.2) is 0 Å². The number of halogens is 3. The minimum atomic E-state index is -4.47. The van der Waals surface area contributed by atoms with Crippen molar-refractivity contribution in [3.05, 3.63) is 47.3 Å². The Hall–Kier alpha value is -2.84. The van der Waals surface area contributed by atoms with E-state index in [1.54, 1.807) is 0 Å². The van der Waals surface area contributed by atoms with Gasteiger partial charge in [0, 0.05) is 17.8 Å². The van der Waals surface area contributed by atoms with Crippen molar-refractivity contribution in [2.45, 2.75) is 37.9 Å². The van der Waals surface area contributed by atoms with Crippen molar-refractivity contribution in [2.24, 2.45) is 0 Å². The SMILES string of the molecule is O=C(Nc1c[nH]nc1C(=O)NC1CCCC1)c1ccc(C(F)(F)F)cc1. The van der Waals surface area contributed by atoms with Gasteiger partial charge in [0.2, 0.25) is 0 Å². The number of aromatic nitrogens is 2. The molecular formula is C17H17F3N4O2. The number of benzene rings is 1. The van der Waals surface area contributed by atoms with E-state index in [1.807, 2.05) is 0 Å². The number of rotatable bonds is 4. The monoisotopic (exact) mass is 366 g/mol. The fraction of sp³-hybridized carbons (Fsp3) is 0.353. The van der Waals surface area contributed by atoms with Gasteiger partial charge >= 0.3 is 6.18 Å². The highest BCUT2D eigenvalue weighted by atomic mass is 19.4. The van der Waals surface area contributed by atoms with Crippen molar-refractivity contribution >= 4 is 17.5 Å². The first-order valence-electron chi connectivity index (χ1n) is 8.18. The van der Waals surface area contributed by atoms with Crippen molar-refractivity contribution in [2.75, 3.05) is 5.32 Å². The Morgan fingerprint density at radius 1 is 1.08 bits per heavy atom. The predicted molar refractivity (Wildman–Crippen MR) is 87.7 cm³/mol. The van der Waals surface area contributed by atoms with Crippen molar-refractivity contribution in [1.29, 1.82) is 0 Å². The highest BCUT2D eigenvalue weighted by molar-refractivity contribution is 6.08. The van der Waals surface area contributed by atoms with E-state index in [-0.39, 0.29) is 23.0 Å². The summed E-state index contributed by atoms with van der Waals surface area (Å²) >= 11 is 0. The lowest BCUT2D eigenvalue weighted by atomic mass is 10.1. The summed E-state index contributed by atoms with van der Waals surface area (Å²) in [6.07, 6.45) is 0.815. The summed E-state index contributed by atoms with van der Waals surface area (Å²) in [6, 6.07) is 3.92. The number of hydrogen-bond donors (Lipinski definition) is 3. The molecule has 26 heavy (non-hydrogen) atoms. The van der Waals surface area contributed by atoms with Crippen LogP contribution in [-0.4, -0.2) is 28.1 Å². The predicted octanol–water partition coefficient (Wildman–Crippen LogP) is 3.35. The summed E-state index contributed by atoms with van der Waals surface area (Å²) < 4.78 is 37.7. The fourth-order valence-corrected chi connectivity index (χ4v) is 2.89. The van der Waals surface area contributed by atoms with Crippen molar-refractivity contribution in [3.8, 4) is 0 Å². The molecule has 138 valence electrons. The van der Waals surface area contributed by atoms with Gasteiger partial charge in [-0.3, -0.25) is 14.7 Å². The molecule has 0 aliphatic heterocycles. The zero-order valence-corrected chi connectivity index (χ0v) is 13.7. The maximum absolute atomic E-state index is 12.6. The molecule has 0 radical (unpaired) electrons. The average Bonchev–Trinajstić information content (AvgIpc) is 3.26. The Bertz CT molecular complexity index is 793. The van der Waals surface area contributed by atoms with Gasteiger partial charge in [0.25, 0.3) is 11.8 Å². The second-order valence-corrected chi connectivity index (χ2v) is 6.13. The van der Waals surface area contributed by atoms with Crippen LogP contribution in [0.15, 0.2) is 30.5 Å². The lowest BCUT2D eigenvalue weighted by Gasteiger charge is -2.12. The van der Waals surface area contributed by atoms with E-state index in [9.17, 15) is 22.8 Å². The van der Waals surface area contributed by atoms with Gasteiger partial charge in [-0.15, -0.1) is 0 Å². The lowest BCUT2D eigenvalue weighted by Crippen LogP contribution is -2.33. The molecule has 1 aliphatic carbocycles. The summed E-state index contributed by atoms with van der Waals surface area (Å²) in [6.45, 7) is 0. The van der Waals surface area contributed by atoms with Crippen LogP contribution in [0.1, 0.15) is 52.1 Å². The van der Waals surface area contributed by atoms with Crippen molar-refractivity contribution in [3.63, 3.8) is 0 Å². The number of alkyl halides is 3. The molecule has 1 aliphatic rings. The highest BCUT2D eigenvalue weighted by Gasteiger charge is 2.30. The zero-order chi connectivity index (χ0) is 18.7. The number of H-pyrrole nitrogens is 1. The molecule has 0 bridgehead atoms. The van der Waals surface area contributed by atoms with Crippen LogP contribution in [0.2, 0.25) is 0 Å². The van der Waals surface area contributed by atoms with E-state index >= 15 is 0 Å². The Kier molecular flexibility index (Phi) is 4.97. The molecule has 1 aromatic carbocycles. The number of anilines is 1. The third-order valence-corrected chi connectivity index (χ3v) is 4.27. The third-order valence-electron chi connectivity index (χ3n) is 4.27.